The van der Waals surface area contributed by atoms with Gasteiger partial charge in [-0.1, -0.05) is 0 Å². The highest BCUT2D eigenvalue weighted by molar-refractivity contribution is 5.83. The van der Waals surface area contributed by atoms with Crippen LogP contribution in [0.3, 0.4) is 0 Å². The van der Waals surface area contributed by atoms with Gasteiger partial charge in [-0.05, 0) is 0 Å². The zero-order valence-electron chi connectivity index (χ0n) is 6.40. The molecular formula is C6H8O6. The first kappa shape index (κ1) is 10.4. The van der Waals surface area contributed by atoms with Gasteiger partial charge < -0.3 is 14.6 Å². The molecule has 0 bridgehead atoms. The van der Waals surface area contributed by atoms with Gasteiger partial charge in [-0.25, -0.2) is 4.79 Å². The molecule has 0 fully saturated rings. The van der Waals surface area contributed by atoms with Crippen molar-refractivity contribution in [2.75, 3.05) is 7.11 Å². The zero-order chi connectivity index (χ0) is 9.56. The summed E-state index contributed by atoms with van der Waals surface area (Å²) in [5.41, 5.74) is 0. The first-order valence-electron chi connectivity index (χ1n) is 3.06. The molecule has 0 aliphatic carbocycles. The number of carboxylic acid groups (broad SMARTS) is 1. The van der Waals surface area contributed by atoms with Gasteiger partial charge in [0.25, 0.3) is 0 Å². The highest BCUT2D eigenvalue weighted by Gasteiger charge is 2.10. The molecule has 0 unspecified atom stereocenters. The zero-order valence-corrected chi connectivity index (χ0v) is 6.40. The Morgan fingerprint density at radius 2 is 1.67 bits per heavy atom. The van der Waals surface area contributed by atoms with Crippen LogP contribution in [0.15, 0.2) is 0 Å². The molecule has 0 rings (SSSR count). The van der Waals surface area contributed by atoms with Crippen molar-refractivity contribution < 1.29 is 29.0 Å². The van der Waals surface area contributed by atoms with Gasteiger partial charge in [-0.15, -0.1) is 0 Å². The van der Waals surface area contributed by atoms with Gasteiger partial charge in [-0.3, -0.25) is 9.59 Å². The third-order valence-electron chi connectivity index (χ3n) is 0.962. The van der Waals surface area contributed by atoms with Crippen LogP contribution in [0.5, 0.6) is 0 Å². The summed E-state index contributed by atoms with van der Waals surface area (Å²) in [6.07, 6.45) is -2.15. The van der Waals surface area contributed by atoms with E-state index in [1.807, 2.05) is 0 Å². The molecule has 6 nitrogen and oxygen atoms in total. The molecule has 0 atom stereocenters. The summed E-state index contributed by atoms with van der Waals surface area (Å²) in [4.78, 5) is 30.7. The van der Waals surface area contributed by atoms with Crippen LogP contribution < -0.4 is 0 Å². The topological polar surface area (TPSA) is 89.9 Å². The maximum absolute atomic E-state index is 10.5. The number of esters is 2. The Bertz CT molecular complexity index is 196. The van der Waals surface area contributed by atoms with Gasteiger partial charge in [0.05, 0.1) is 20.0 Å². The maximum Gasteiger partial charge on any atom is 0.513 e. The minimum Gasteiger partial charge on any atom is -0.469 e. The number of carbonyl (C=O) groups excluding carboxylic acids is 2. The van der Waals surface area contributed by atoms with Crippen molar-refractivity contribution in [3.8, 4) is 0 Å². The van der Waals surface area contributed by atoms with E-state index < -0.39 is 18.1 Å². The molecule has 0 aromatic rings. The van der Waals surface area contributed by atoms with E-state index in [9.17, 15) is 14.4 Å². The van der Waals surface area contributed by atoms with Crippen LogP contribution >= 0.6 is 0 Å². The fourth-order valence-corrected chi connectivity index (χ4v) is 0.455. The van der Waals surface area contributed by atoms with Crippen molar-refractivity contribution in [3.05, 3.63) is 0 Å². The Kier molecular flexibility index (Phi) is 4.43. The molecule has 1 N–H and O–H groups in total. The van der Waals surface area contributed by atoms with Gasteiger partial charge in [0.15, 0.2) is 0 Å². The molecule has 0 aliphatic rings. The van der Waals surface area contributed by atoms with Crippen molar-refractivity contribution in [2.45, 2.75) is 12.8 Å². The smallest absolute Gasteiger partial charge is 0.469 e. The molecule has 0 heterocycles. The van der Waals surface area contributed by atoms with E-state index in [2.05, 4.69) is 9.47 Å². The van der Waals surface area contributed by atoms with Gasteiger partial charge in [0, 0.05) is 0 Å². The van der Waals surface area contributed by atoms with Crippen LogP contribution in [0.2, 0.25) is 0 Å². The lowest BCUT2D eigenvalue weighted by atomic mass is 10.3. The second-order valence-corrected chi connectivity index (χ2v) is 1.82. The molecule has 0 aliphatic heterocycles. The van der Waals surface area contributed by atoms with Crippen LogP contribution in [0, 0.1) is 0 Å². The normalized spacial score (nSPS) is 8.75. The van der Waals surface area contributed by atoms with E-state index in [0.29, 0.717) is 0 Å². The number of ether oxygens (including phenoxy) is 2. The van der Waals surface area contributed by atoms with Crippen molar-refractivity contribution in [3.63, 3.8) is 0 Å². The van der Waals surface area contributed by atoms with Gasteiger partial charge in [-0.2, -0.15) is 0 Å². The largest absolute Gasteiger partial charge is 0.513 e. The van der Waals surface area contributed by atoms with E-state index in [4.69, 9.17) is 5.11 Å². The standard InChI is InChI=1S/C6H8O6/c1-11-4(7)2-3-5(8)12-6(9)10/h2-3H2,1H3,(H,9,10). The van der Waals surface area contributed by atoms with Crippen molar-refractivity contribution in [2.24, 2.45) is 0 Å². The summed E-state index contributed by atoms with van der Waals surface area (Å²) in [6.45, 7) is 0. The fourth-order valence-electron chi connectivity index (χ4n) is 0.455. The molecule has 0 spiro atoms. The number of hydrogen-bond acceptors (Lipinski definition) is 5. The van der Waals surface area contributed by atoms with Crippen LogP contribution in [0.4, 0.5) is 4.79 Å². The second kappa shape index (κ2) is 5.11. The predicted octanol–water partition coefficient (Wildman–Crippen LogP) is 0.161. The molecule has 0 radical (unpaired) electrons. The van der Waals surface area contributed by atoms with E-state index in [-0.39, 0.29) is 12.8 Å². The van der Waals surface area contributed by atoms with Gasteiger partial charge >= 0.3 is 18.1 Å². The molecule has 68 valence electrons. The number of carbonyl (C=O) groups is 3. The van der Waals surface area contributed by atoms with Gasteiger partial charge in [0.2, 0.25) is 0 Å². The Morgan fingerprint density at radius 3 is 2.08 bits per heavy atom. The van der Waals surface area contributed by atoms with Crippen LogP contribution in [0.25, 0.3) is 0 Å². The first-order chi connectivity index (χ1) is 5.56. The average Bonchev–Trinajstić information content (AvgIpc) is 1.99. The minimum absolute atomic E-state index is 0.178. The number of rotatable bonds is 3. The van der Waals surface area contributed by atoms with E-state index in [1.54, 1.807) is 0 Å². The summed E-state index contributed by atoms with van der Waals surface area (Å²) in [5.74, 6) is -1.55. The monoisotopic (exact) mass is 176 g/mol. The molecular weight excluding hydrogens is 168 g/mol. The average molecular weight is 176 g/mol. The third kappa shape index (κ3) is 5.21. The molecule has 0 aromatic carbocycles. The minimum atomic E-state index is -1.68. The van der Waals surface area contributed by atoms with E-state index >= 15 is 0 Å². The van der Waals surface area contributed by atoms with Crippen LogP contribution in [-0.4, -0.2) is 30.3 Å². The van der Waals surface area contributed by atoms with Crippen molar-refractivity contribution in [1.29, 1.82) is 0 Å². The third-order valence-corrected chi connectivity index (χ3v) is 0.962. The molecule has 0 amide bonds. The predicted molar refractivity (Wildman–Crippen MR) is 35.4 cm³/mol. The summed E-state index contributed by atoms with van der Waals surface area (Å²) in [5, 5.41) is 7.95. The summed E-state index contributed by atoms with van der Waals surface area (Å²) < 4.78 is 7.93. The Hall–Kier alpha value is -1.59. The van der Waals surface area contributed by atoms with Crippen LogP contribution in [-0.2, 0) is 19.1 Å². The Labute approximate surface area is 68.1 Å². The number of methoxy groups -OCH3 is 1. The highest BCUT2D eigenvalue weighted by atomic mass is 16.7. The molecule has 0 aromatic heterocycles. The van der Waals surface area contributed by atoms with Crippen molar-refractivity contribution in [1.82, 2.24) is 0 Å². The quantitative estimate of drug-likeness (QED) is 0.486. The second-order valence-electron chi connectivity index (χ2n) is 1.82. The first-order valence-corrected chi connectivity index (χ1v) is 3.06. The number of hydrogen-bond donors (Lipinski definition) is 1. The molecule has 12 heavy (non-hydrogen) atoms. The summed E-state index contributed by atoms with van der Waals surface area (Å²) >= 11 is 0. The van der Waals surface area contributed by atoms with Crippen LogP contribution in [0.1, 0.15) is 12.8 Å². The fraction of sp³-hybridized carbons (Fsp3) is 0.500. The van der Waals surface area contributed by atoms with Crippen molar-refractivity contribution >= 4 is 18.1 Å². The Morgan fingerprint density at radius 1 is 1.17 bits per heavy atom. The lowest BCUT2D eigenvalue weighted by Gasteiger charge is -1.97. The molecule has 6 heteroatoms. The SMILES string of the molecule is COC(=O)CCC(=O)OC(=O)O. The molecule has 0 saturated heterocycles. The summed E-state index contributed by atoms with van der Waals surface area (Å²) in [7, 11) is 1.17. The van der Waals surface area contributed by atoms with E-state index in [0.717, 1.165) is 0 Å². The van der Waals surface area contributed by atoms with E-state index in [1.165, 1.54) is 7.11 Å². The maximum atomic E-state index is 10.5. The Balaban J connectivity index is 3.57. The van der Waals surface area contributed by atoms with Gasteiger partial charge in [0.1, 0.15) is 0 Å². The molecule has 0 saturated carbocycles. The lowest BCUT2D eigenvalue weighted by Crippen LogP contribution is -2.12. The highest BCUT2D eigenvalue weighted by Crippen LogP contribution is 1.94. The lowest BCUT2D eigenvalue weighted by molar-refractivity contribution is -0.146. The summed E-state index contributed by atoms with van der Waals surface area (Å²) in [6, 6.07) is 0.